The highest BCUT2D eigenvalue weighted by Crippen LogP contribution is 2.27. The summed E-state index contributed by atoms with van der Waals surface area (Å²) in [5.74, 6) is 1.05. The summed E-state index contributed by atoms with van der Waals surface area (Å²) in [6, 6.07) is 17.0. The van der Waals surface area contributed by atoms with Gasteiger partial charge in [-0.25, -0.2) is 4.98 Å². The van der Waals surface area contributed by atoms with E-state index in [4.69, 9.17) is 4.42 Å². The molecule has 0 fully saturated rings. The molecule has 0 saturated carbocycles. The summed E-state index contributed by atoms with van der Waals surface area (Å²) in [6.07, 6.45) is 6.72. The highest BCUT2D eigenvalue weighted by molar-refractivity contribution is 6.07. The summed E-state index contributed by atoms with van der Waals surface area (Å²) in [6.45, 7) is 5.07. The van der Waals surface area contributed by atoms with Crippen molar-refractivity contribution in [2.24, 2.45) is 0 Å². The zero-order valence-corrected chi connectivity index (χ0v) is 19.8. The van der Waals surface area contributed by atoms with E-state index < -0.39 is 0 Å². The molecule has 0 spiro atoms. The van der Waals surface area contributed by atoms with E-state index in [-0.39, 0.29) is 5.91 Å². The van der Waals surface area contributed by atoms with Crippen LogP contribution in [0.2, 0.25) is 0 Å². The monoisotopic (exact) mass is 457 g/mol. The van der Waals surface area contributed by atoms with Gasteiger partial charge in [-0.05, 0) is 69.4 Å². The molecule has 7 nitrogen and oxygen atoms in total. The molecule has 0 aliphatic rings. The molecule has 0 atom stereocenters. The van der Waals surface area contributed by atoms with E-state index in [9.17, 15) is 4.79 Å². The second-order valence-corrected chi connectivity index (χ2v) is 8.37. The number of carbonyl (C=O) groups is 1. The van der Waals surface area contributed by atoms with Crippen molar-refractivity contribution in [2.75, 3.05) is 37.3 Å². The van der Waals surface area contributed by atoms with Crippen molar-refractivity contribution in [3.05, 3.63) is 72.6 Å². The van der Waals surface area contributed by atoms with Crippen LogP contribution in [0.3, 0.4) is 0 Å². The topological polar surface area (TPSA) is 83.3 Å². The van der Waals surface area contributed by atoms with Gasteiger partial charge in [0.15, 0.2) is 5.76 Å². The Labute approximate surface area is 200 Å². The fraction of sp³-hybridized carbons (Fsp3) is 0.296. The Kier molecular flexibility index (Phi) is 7.88. The van der Waals surface area contributed by atoms with Gasteiger partial charge in [0.1, 0.15) is 17.1 Å². The van der Waals surface area contributed by atoms with Gasteiger partial charge < -0.3 is 20.0 Å². The van der Waals surface area contributed by atoms with Crippen LogP contribution in [-0.4, -0.2) is 47.5 Å². The van der Waals surface area contributed by atoms with Gasteiger partial charge in [-0.15, -0.1) is 0 Å². The Morgan fingerprint density at radius 1 is 1.03 bits per heavy atom. The van der Waals surface area contributed by atoms with Crippen LogP contribution < -0.4 is 10.6 Å². The van der Waals surface area contributed by atoms with E-state index in [1.54, 1.807) is 24.5 Å². The van der Waals surface area contributed by atoms with Crippen molar-refractivity contribution in [1.29, 1.82) is 0 Å². The fourth-order valence-corrected chi connectivity index (χ4v) is 3.75. The zero-order valence-electron chi connectivity index (χ0n) is 19.8. The van der Waals surface area contributed by atoms with Crippen LogP contribution in [-0.2, 0) is 0 Å². The second-order valence-electron chi connectivity index (χ2n) is 8.37. The predicted molar refractivity (Wildman–Crippen MR) is 137 cm³/mol. The van der Waals surface area contributed by atoms with Crippen LogP contribution in [0, 0.1) is 0 Å². The number of aromatic nitrogens is 2. The minimum atomic E-state index is -0.228. The number of furan rings is 1. The molecule has 0 radical (unpaired) electrons. The minimum Gasteiger partial charge on any atom is -0.454 e. The Balaban J connectivity index is 1.35. The van der Waals surface area contributed by atoms with Crippen LogP contribution in [0.5, 0.6) is 0 Å². The highest BCUT2D eigenvalue weighted by Gasteiger charge is 2.13. The molecule has 4 rings (SSSR count). The van der Waals surface area contributed by atoms with Crippen molar-refractivity contribution in [2.45, 2.75) is 26.2 Å². The first kappa shape index (κ1) is 23.4. The maximum atomic E-state index is 12.9. The summed E-state index contributed by atoms with van der Waals surface area (Å²) in [5, 5.41) is 7.25. The molecule has 0 aliphatic carbocycles. The smallest absolute Gasteiger partial charge is 0.259 e. The van der Waals surface area contributed by atoms with Crippen molar-refractivity contribution in [3.8, 4) is 11.5 Å². The number of hydrogen-bond acceptors (Lipinski definition) is 6. The average Bonchev–Trinajstić information content (AvgIpc) is 3.30. The molecule has 3 heterocycles. The molecule has 0 bridgehead atoms. The Morgan fingerprint density at radius 3 is 2.68 bits per heavy atom. The molecule has 7 heteroatoms. The molecule has 34 heavy (non-hydrogen) atoms. The molecule has 1 amide bonds. The Morgan fingerprint density at radius 2 is 1.88 bits per heavy atom. The fourth-order valence-electron chi connectivity index (χ4n) is 3.75. The summed E-state index contributed by atoms with van der Waals surface area (Å²) in [7, 11) is 2.14. The number of unbranched alkanes of at least 4 members (excludes halogenated alkanes) is 1. The van der Waals surface area contributed by atoms with Crippen LogP contribution in [0.1, 0.15) is 36.5 Å². The lowest BCUT2D eigenvalue weighted by Gasteiger charge is -2.16. The molecule has 0 aliphatic heterocycles. The van der Waals surface area contributed by atoms with Gasteiger partial charge in [0.05, 0.1) is 17.4 Å². The van der Waals surface area contributed by atoms with E-state index in [1.165, 1.54) is 12.8 Å². The average molecular weight is 458 g/mol. The molecule has 4 aromatic rings. The van der Waals surface area contributed by atoms with Gasteiger partial charge in [0.25, 0.3) is 5.91 Å². The molecule has 0 saturated heterocycles. The first-order chi connectivity index (χ1) is 16.6. The number of para-hydroxylation sites is 1. The summed E-state index contributed by atoms with van der Waals surface area (Å²) in [5.41, 5.74) is 2.64. The number of carbonyl (C=O) groups excluding carboxylic acids is 1. The molecular weight excluding hydrogens is 426 g/mol. The van der Waals surface area contributed by atoms with Crippen LogP contribution in [0.15, 0.2) is 71.4 Å². The van der Waals surface area contributed by atoms with Gasteiger partial charge in [-0.1, -0.05) is 31.5 Å². The zero-order chi connectivity index (χ0) is 23.8. The summed E-state index contributed by atoms with van der Waals surface area (Å²) >= 11 is 0. The molecule has 0 unspecified atom stereocenters. The van der Waals surface area contributed by atoms with Gasteiger partial charge >= 0.3 is 0 Å². The van der Waals surface area contributed by atoms with E-state index in [0.717, 1.165) is 37.0 Å². The molecule has 176 valence electrons. The second kappa shape index (κ2) is 11.4. The third-order valence-corrected chi connectivity index (χ3v) is 5.65. The van der Waals surface area contributed by atoms with Gasteiger partial charge in [-0.2, -0.15) is 0 Å². The van der Waals surface area contributed by atoms with E-state index >= 15 is 0 Å². The number of anilines is 2. The first-order valence-electron chi connectivity index (χ1n) is 11.8. The molecule has 3 aromatic heterocycles. The third kappa shape index (κ3) is 5.99. The van der Waals surface area contributed by atoms with E-state index in [1.807, 2.05) is 42.5 Å². The normalized spacial score (nSPS) is 11.1. The van der Waals surface area contributed by atoms with Crippen LogP contribution in [0.4, 0.5) is 11.5 Å². The van der Waals surface area contributed by atoms with E-state index in [0.29, 0.717) is 28.5 Å². The third-order valence-electron chi connectivity index (χ3n) is 5.65. The van der Waals surface area contributed by atoms with Crippen LogP contribution in [0.25, 0.3) is 22.4 Å². The lowest BCUT2D eigenvalue weighted by Crippen LogP contribution is -2.23. The summed E-state index contributed by atoms with van der Waals surface area (Å²) < 4.78 is 5.87. The standard InChI is InChI=1S/C27H31N5O2/c1-3-4-16-32(2)17-8-15-29-26-22(10-7-14-28-26)27(33)31-21-12-13-23(30-19-21)25-18-20-9-5-6-11-24(20)34-25/h5-7,9-14,18-19H,3-4,8,15-17H2,1-2H3,(H,28,29)(H,31,33). The number of amides is 1. The first-order valence-corrected chi connectivity index (χ1v) is 11.8. The predicted octanol–water partition coefficient (Wildman–Crippen LogP) is 5.68. The lowest BCUT2D eigenvalue weighted by molar-refractivity contribution is 0.102. The Hall–Kier alpha value is -3.71. The lowest BCUT2D eigenvalue weighted by atomic mass is 10.2. The number of pyridine rings is 2. The highest BCUT2D eigenvalue weighted by atomic mass is 16.3. The molecule has 1 aromatic carbocycles. The summed E-state index contributed by atoms with van der Waals surface area (Å²) in [4.78, 5) is 24.1. The van der Waals surface area contributed by atoms with Crippen molar-refractivity contribution >= 4 is 28.4 Å². The Bertz CT molecular complexity index is 1190. The van der Waals surface area contributed by atoms with Gasteiger partial charge in [-0.3, -0.25) is 9.78 Å². The van der Waals surface area contributed by atoms with Crippen molar-refractivity contribution in [1.82, 2.24) is 14.9 Å². The maximum absolute atomic E-state index is 12.9. The van der Waals surface area contributed by atoms with E-state index in [2.05, 4.69) is 39.5 Å². The largest absolute Gasteiger partial charge is 0.454 e. The van der Waals surface area contributed by atoms with Crippen molar-refractivity contribution < 1.29 is 9.21 Å². The molecular formula is C27H31N5O2. The number of hydrogen-bond donors (Lipinski definition) is 2. The number of nitrogens with one attached hydrogen (secondary N) is 2. The van der Waals surface area contributed by atoms with Crippen LogP contribution >= 0.6 is 0 Å². The minimum absolute atomic E-state index is 0.228. The maximum Gasteiger partial charge on any atom is 0.259 e. The van der Waals surface area contributed by atoms with Gasteiger partial charge in [0, 0.05) is 18.1 Å². The molecule has 2 N–H and O–H groups in total. The number of nitrogens with zero attached hydrogens (tertiary/aromatic N) is 3. The quantitative estimate of drug-likeness (QED) is 0.282. The number of rotatable bonds is 11. The SMILES string of the molecule is CCCCN(C)CCCNc1ncccc1C(=O)Nc1ccc(-c2cc3ccccc3o2)nc1. The number of fused-ring (bicyclic) bond motifs is 1. The van der Waals surface area contributed by atoms with Gasteiger partial charge in [0.2, 0.25) is 0 Å². The number of benzene rings is 1. The van der Waals surface area contributed by atoms with Crippen molar-refractivity contribution in [3.63, 3.8) is 0 Å².